The van der Waals surface area contributed by atoms with Crippen LogP contribution in [0.4, 0.5) is 26.1 Å². The Balaban J connectivity index is 1.80. The van der Waals surface area contributed by atoms with E-state index in [1.807, 2.05) is 12.1 Å². The lowest BCUT2D eigenvalue weighted by molar-refractivity contribution is -0.202. The number of pyridine rings is 1. The first kappa shape index (κ1) is 33.8. The molecule has 13 nitrogen and oxygen atoms in total. The van der Waals surface area contributed by atoms with Crippen molar-refractivity contribution in [3.05, 3.63) is 64.9 Å². The average molecular weight is 626 g/mol. The van der Waals surface area contributed by atoms with Gasteiger partial charge in [0.2, 0.25) is 5.91 Å². The number of nitrogens with two attached hydrogens (primary N) is 1. The lowest BCUT2D eigenvalue weighted by atomic mass is 9.90. The first-order valence-electron chi connectivity index (χ1n) is 13.8. The molecule has 0 aliphatic carbocycles. The van der Waals surface area contributed by atoms with Crippen molar-refractivity contribution in [2.45, 2.75) is 72.8 Å². The fourth-order valence-electron chi connectivity index (χ4n) is 3.90. The Hall–Kier alpha value is -4.72. The predicted octanol–water partition coefficient (Wildman–Crippen LogP) is 5.27. The Kier molecular flexibility index (Phi) is 10.5. The number of aromatic nitrogens is 2. The molecule has 1 atom stereocenters. The van der Waals surface area contributed by atoms with Crippen molar-refractivity contribution in [3.8, 4) is 0 Å². The second kappa shape index (κ2) is 13.7. The number of benzene rings is 1. The van der Waals surface area contributed by atoms with Gasteiger partial charge < -0.3 is 36.5 Å². The van der Waals surface area contributed by atoms with Crippen molar-refractivity contribution in [2.24, 2.45) is 11.1 Å². The number of hydrogen-bond donors (Lipinski definition) is 5. The minimum atomic E-state index is -1.94. The van der Waals surface area contributed by atoms with E-state index >= 15 is 0 Å². The molecule has 0 aliphatic rings. The summed E-state index contributed by atoms with van der Waals surface area (Å²) >= 11 is 1.09. The van der Waals surface area contributed by atoms with E-state index < -0.39 is 29.1 Å². The van der Waals surface area contributed by atoms with E-state index in [1.165, 1.54) is 13.1 Å². The molecule has 0 bridgehead atoms. The number of ether oxygens (including phenoxy) is 2. The molecule has 3 rings (SSSR count). The van der Waals surface area contributed by atoms with Crippen LogP contribution in [0.5, 0.6) is 0 Å². The molecule has 2 heterocycles. The number of rotatable bonds is 10. The van der Waals surface area contributed by atoms with Gasteiger partial charge in [0.1, 0.15) is 4.88 Å². The lowest BCUT2D eigenvalue weighted by Gasteiger charge is -2.42. The number of hydrogen-bond acceptors (Lipinski definition) is 10. The van der Waals surface area contributed by atoms with Crippen LogP contribution < -0.4 is 27.0 Å². The molecule has 4 amide bonds. The highest BCUT2D eigenvalue weighted by Gasteiger charge is 2.50. The number of carbonyl (C=O) groups excluding carboxylic acids is 4. The second-order valence-corrected chi connectivity index (χ2v) is 13.0. The Bertz CT molecular complexity index is 1480. The maximum atomic E-state index is 13.1. The van der Waals surface area contributed by atoms with Crippen LogP contribution in [0.1, 0.15) is 69.4 Å². The number of alkyl carbamates (subject to hydrolysis) is 1. The first-order chi connectivity index (χ1) is 20.5. The fraction of sp³-hybridized carbons (Fsp3) is 0.400. The van der Waals surface area contributed by atoms with Crippen LogP contribution in [-0.4, -0.2) is 45.4 Å². The summed E-state index contributed by atoms with van der Waals surface area (Å²) in [5.41, 5.74) is 6.30. The molecule has 0 aliphatic heterocycles. The number of primary amides is 1. The predicted molar refractivity (Wildman–Crippen MR) is 168 cm³/mol. The Morgan fingerprint density at radius 1 is 0.909 bits per heavy atom. The van der Waals surface area contributed by atoms with Gasteiger partial charge in [-0.15, -0.1) is 0 Å². The van der Waals surface area contributed by atoms with Crippen molar-refractivity contribution in [3.63, 3.8) is 0 Å². The normalized spacial score (nSPS) is 12.8. The van der Waals surface area contributed by atoms with Gasteiger partial charge in [-0.3, -0.25) is 14.6 Å². The summed E-state index contributed by atoms with van der Waals surface area (Å²) in [6, 6.07) is 10.6. The van der Waals surface area contributed by atoms with Gasteiger partial charge in [0.05, 0.1) is 23.0 Å². The van der Waals surface area contributed by atoms with E-state index in [-0.39, 0.29) is 11.8 Å². The van der Waals surface area contributed by atoms with Gasteiger partial charge in [0, 0.05) is 24.3 Å². The third-order valence-electron chi connectivity index (χ3n) is 5.96. The second-order valence-electron chi connectivity index (χ2n) is 12.0. The van der Waals surface area contributed by atoms with Gasteiger partial charge in [-0.1, -0.05) is 44.2 Å². The number of nitrogens with one attached hydrogen (secondary N) is 4. The van der Waals surface area contributed by atoms with Crippen molar-refractivity contribution >= 4 is 51.8 Å². The molecule has 1 unspecified atom stereocenters. The van der Waals surface area contributed by atoms with Crippen LogP contribution in [0.2, 0.25) is 0 Å². The van der Waals surface area contributed by atoms with Crippen LogP contribution >= 0.6 is 11.3 Å². The molecule has 0 saturated heterocycles. The SMILES string of the molecule is CC(=O)Nc1nc(CCc2ccc(NC(OC(N)=O)(OC(=O)NC(C)(C)C)C(C)(C)C)cc2)c(C(=O)Nc2cccnc2)s1. The number of anilines is 3. The Labute approximate surface area is 260 Å². The molecule has 6 N–H and O–H groups in total. The van der Waals surface area contributed by atoms with E-state index in [0.717, 1.165) is 16.9 Å². The molecule has 0 spiro atoms. The number of carbonyl (C=O) groups is 4. The number of amides is 4. The van der Waals surface area contributed by atoms with Crippen molar-refractivity contribution in [1.29, 1.82) is 0 Å². The maximum absolute atomic E-state index is 13.1. The van der Waals surface area contributed by atoms with Crippen LogP contribution in [0, 0.1) is 5.41 Å². The van der Waals surface area contributed by atoms with Gasteiger partial charge in [0.15, 0.2) is 5.13 Å². The Morgan fingerprint density at radius 3 is 2.14 bits per heavy atom. The summed E-state index contributed by atoms with van der Waals surface area (Å²) < 4.78 is 11.1. The zero-order chi connectivity index (χ0) is 32.7. The molecule has 44 heavy (non-hydrogen) atoms. The number of thiazole rings is 1. The molecule has 2 aromatic heterocycles. The third-order valence-corrected chi connectivity index (χ3v) is 6.98. The topological polar surface area (TPSA) is 187 Å². The highest BCUT2D eigenvalue weighted by atomic mass is 32.1. The van der Waals surface area contributed by atoms with E-state index in [9.17, 15) is 19.2 Å². The van der Waals surface area contributed by atoms with E-state index in [1.54, 1.807) is 72.0 Å². The van der Waals surface area contributed by atoms with Gasteiger partial charge in [-0.05, 0) is 63.4 Å². The standard InChI is InChI=1S/C30H39N7O6S/c1-18(38)33-26-35-22(23(44-26)24(39)34-21-9-8-16-32-17-21)15-12-19-10-13-20(14-11-19)36-30(28(2,3)4,42-25(31)40)43-27(41)37-29(5,6)7/h8-11,13-14,16-17,36H,12,15H2,1-7H3,(H2,31,40)(H,34,39)(H,37,41)(H,33,35,38). The molecule has 0 saturated carbocycles. The zero-order valence-corrected chi connectivity index (χ0v) is 26.7. The zero-order valence-electron chi connectivity index (χ0n) is 25.9. The highest BCUT2D eigenvalue weighted by molar-refractivity contribution is 7.17. The molecule has 236 valence electrons. The van der Waals surface area contributed by atoms with Gasteiger partial charge in [-0.2, -0.15) is 0 Å². The maximum Gasteiger partial charge on any atom is 0.412 e. The first-order valence-corrected chi connectivity index (χ1v) is 14.6. The lowest BCUT2D eigenvalue weighted by Crippen LogP contribution is -2.59. The average Bonchev–Trinajstić information content (AvgIpc) is 3.28. The quantitative estimate of drug-likeness (QED) is 0.187. The summed E-state index contributed by atoms with van der Waals surface area (Å²) in [6.07, 6.45) is 2.14. The summed E-state index contributed by atoms with van der Waals surface area (Å²) in [5, 5.41) is 11.5. The molecule has 0 fully saturated rings. The van der Waals surface area contributed by atoms with Crippen molar-refractivity contribution < 1.29 is 28.7 Å². The molecule has 1 aromatic carbocycles. The molecule has 14 heteroatoms. The minimum Gasteiger partial charge on any atom is -0.387 e. The summed E-state index contributed by atoms with van der Waals surface area (Å²) in [5.74, 6) is -2.59. The summed E-state index contributed by atoms with van der Waals surface area (Å²) in [6.45, 7) is 11.9. The van der Waals surface area contributed by atoms with Crippen LogP contribution in [0.3, 0.4) is 0 Å². The van der Waals surface area contributed by atoms with Crippen LogP contribution in [-0.2, 0) is 27.1 Å². The molecule has 3 aromatic rings. The smallest absolute Gasteiger partial charge is 0.387 e. The summed E-state index contributed by atoms with van der Waals surface area (Å²) in [4.78, 5) is 58.2. The van der Waals surface area contributed by atoms with E-state index in [0.29, 0.717) is 39.9 Å². The minimum absolute atomic E-state index is 0.292. The van der Waals surface area contributed by atoms with E-state index in [2.05, 4.69) is 31.2 Å². The number of nitrogens with zero attached hydrogens (tertiary/aromatic N) is 2. The summed E-state index contributed by atoms with van der Waals surface area (Å²) in [7, 11) is 0. The van der Waals surface area contributed by atoms with Gasteiger partial charge in [0.25, 0.3) is 5.91 Å². The Morgan fingerprint density at radius 2 is 1.59 bits per heavy atom. The van der Waals surface area contributed by atoms with Gasteiger partial charge >= 0.3 is 18.1 Å². The fourth-order valence-corrected chi connectivity index (χ4v) is 4.86. The van der Waals surface area contributed by atoms with Crippen LogP contribution in [0.15, 0.2) is 48.8 Å². The van der Waals surface area contributed by atoms with Gasteiger partial charge in [-0.25, -0.2) is 14.6 Å². The number of aryl methyl sites for hydroxylation is 2. The highest BCUT2D eigenvalue weighted by Crippen LogP contribution is 2.37. The van der Waals surface area contributed by atoms with Crippen LogP contribution in [0.25, 0.3) is 0 Å². The largest absolute Gasteiger partial charge is 0.412 e. The van der Waals surface area contributed by atoms with E-state index in [4.69, 9.17) is 15.2 Å². The molecular weight excluding hydrogens is 586 g/mol. The van der Waals surface area contributed by atoms with Crippen molar-refractivity contribution in [1.82, 2.24) is 15.3 Å². The van der Waals surface area contributed by atoms with Crippen molar-refractivity contribution in [2.75, 3.05) is 16.0 Å². The molecule has 0 radical (unpaired) electrons. The third kappa shape index (κ3) is 9.66. The molecular formula is C30H39N7O6S. The monoisotopic (exact) mass is 625 g/mol.